The van der Waals surface area contributed by atoms with Gasteiger partial charge in [-0.25, -0.2) is 0 Å². The van der Waals surface area contributed by atoms with Gasteiger partial charge in [-0.3, -0.25) is 9.89 Å². The molecule has 1 aliphatic heterocycles. The lowest BCUT2D eigenvalue weighted by molar-refractivity contribution is 0.148. The van der Waals surface area contributed by atoms with Crippen LogP contribution in [0.1, 0.15) is 16.0 Å². The molecule has 6 heteroatoms. The van der Waals surface area contributed by atoms with Crippen molar-refractivity contribution in [1.82, 2.24) is 20.4 Å². The number of aliphatic imine (C=N–C) groups is 1. The molecule has 140 valence electrons. The maximum absolute atomic E-state index is 4.29. The highest BCUT2D eigenvalue weighted by Gasteiger charge is 2.13. The van der Waals surface area contributed by atoms with Gasteiger partial charge in [-0.2, -0.15) is 0 Å². The van der Waals surface area contributed by atoms with Crippen LogP contribution in [0.3, 0.4) is 0 Å². The minimum atomic E-state index is 0.777. The first-order valence-electron chi connectivity index (χ1n) is 9.18. The smallest absolute Gasteiger partial charge is 0.191 e. The van der Waals surface area contributed by atoms with Crippen LogP contribution in [0.4, 0.5) is 0 Å². The Morgan fingerprint density at radius 3 is 2.35 bits per heavy atom. The number of rotatable bonds is 6. The predicted octanol–water partition coefficient (Wildman–Crippen LogP) is 2.36. The number of guanidine groups is 1. The highest BCUT2D eigenvalue weighted by atomic mass is 32.1. The lowest BCUT2D eigenvalue weighted by atomic mass is 10.1. The van der Waals surface area contributed by atoms with Crippen molar-refractivity contribution in [3.8, 4) is 0 Å². The van der Waals surface area contributed by atoms with Crippen LogP contribution in [0.2, 0.25) is 0 Å². The third-order valence-corrected chi connectivity index (χ3v) is 5.60. The number of hydrogen-bond acceptors (Lipinski definition) is 4. The fourth-order valence-corrected chi connectivity index (χ4v) is 3.66. The Balaban J connectivity index is 1.43. The molecule has 5 nitrogen and oxygen atoms in total. The third kappa shape index (κ3) is 5.83. The van der Waals surface area contributed by atoms with Gasteiger partial charge in [0.2, 0.25) is 0 Å². The molecule has 1 saturated heterocycles. The molecule has 0 spiro atoms. The highest BCUT2D eigenvalue weighted by molar-refractivity contribution is 7.09. The number of nitrogens with one attached hydrogen (secondary N) is 2. The Morgan fingerprint density at radius 2 is 1.69 bits per heavy atom. The van der Waals surface area contributed by atoms with Gasteiger partial charge >= 0.3 is 0 Å². The van der Waals surface area contributed by atoms with Crippen molar-refractivity contribution in [3.05, 3.63) is 57.8 Å². The van der Waals surface area contributed by atoms with E-state index in [0.29, 0.717) is 0 Å². The summed E-state index contributed by atoms with van der Waals surface area (Å²) in [5.41, 5.74) is 2.66. The average molecular weight is 372 g/mol. The van der Waals surface area contributed by atoms with Crippen LogP contribution in [0.25, 0.3) is 0 Å². The first-order valence-corrected chi connectivity index (χ1v) is 10.1. The van der Waals surface area contributed by atoms with Crippen molar-refractivity contribution in [2.24, 2.45) is 4.99 Å². The van der Waals surface area contributed by atoms with E-state index in [4.69, 9.17) is 0 Å². The van der Waals surface area contributed by atoms with E-state index < -0.39 is 0 Å². The van der Waals surface area contributed by atoms with Gasteiger partial charge in [-0.15, -0.1) is 11.3 Å². The molecule has 0 radical (unpaired) electrons. The van der Waals surface area contributed by atoms with Gasteiger partial charge in [0.1, 0.15) is 0 Å². The maximum Gasteiger partial charge on any atom is 0.191 e. The van der Waals surface area contributed by atoms with Crippen LogP contribution in [-0.2, 0) is 19.6 Å². The van der Waals surface area contributed by atoms with Gasteiger partial charge in [-0.05, 0) is 29.6 Å². The molecule has 2 N–H and O–H groups in total. The molecule has 2 heterocycles. The van der Waals surface area contributed by atoms with E-state index in [-0.39, 0.29) is 0 Å². The van der Waals surface area contributed by atoms with Crippen molar-refractivity contribution in [2.45, 2.75) is 19.6 Å². The van der Waals surface area contributed by atoms with E-state index in [1.807, 2.05) is 7.05 Å². The van der Waals surface area contributed by atoms with Crippen molar-refractivity contribution >= 4 is 17.3 Å². The van der Waals surface area contributed by atoms with Crippen molar-refractivity contribution in [2.75, 3.05) is 40.3 Å². The zero-order valence-electron chi connectivity index (χ0n) is 15.7. The zero-order valence-corrected chi connectivity index (χ0v) is 16.6. The number of likely N-dealkylation sites (N-methyl/N-ethyl adjacent to an activating group) is 1. The molecule has 0 unspecified atom stereocenters. The summed E-state index contributed by atoms with van der Waals surface area (Å²) < 4.78 is 0. The first kappa shape index (κ1) is 18.9. The highest BCUT2D eigenvalue weighted by Crippen LogP contribution is 2.10. The molecule has 1 fully saturated rings. The summed E-state index contributed by atoms with van der Waals surface area (Å²) in [5, 5.41) is 8.83. The number of nitrogens with zero attached hydrogens (tertiary/aromatic N) is 3. The van der Waals surface area contributed by atoms with E-state index in [1.165, 1.54) is 29.1 Å². The van der Waals surface area contributed by atoms with Crippen LogP contribution in [-0.4, -0.2) is 56.0 Å². The minimum Gasteiger partial charge on any atom is -0.352 e. The van der Waals surface area contributed by atoms with E-state index in [2.05, 4.69) is 74.3 Å². The van der Waals surface area contributed by atoms with Crippen LogP contribution in [0, 0.1) is 0 Å². The molecule has 3 rings (SSSR count). The Hall–Kier alpha value is -1.89. The fraction of sp³-hybridized carbons (Fsp3) is 0.450. The minimum absolute atomic E-state index is 0.777. The summed E-state index contributed by atoms with van der Waals surface area (Å²) in [6, 6.07) is 13.1. The van der Waals surface area contributed by atoms with Crippen LogP contribution in [0.15, 0.2) is 46.8 Å². The monoisotopic (exact) mass is 371 g/mol. The van der Waals surface area contributed by atoms with Crippen molar-refractivity contribution < 1.29 is 0 Å². The molecular formula is C20H29N5S. The Kier molecular flexibility index (Phi) is 7.05. The molecule has 0 atom stereocenters. The van der Waals surface area contributed by atoms with E-state index in [0.717, 1.165) is 38.7 Å². The number of benzene rings is 1. The molecule has 0 aliphatic carbocycles. The molecule has 1 aromatic carbocycles. The second kappa shape index (κ2) is 9.71. The Morgan fingerprint density at radius 1 is 1.00 bits per heavy atom. The summed E-state index contributed by atoms with van der Waals surface area (Å²) in [7, 11) is 4.01. The van der Waals surface area contributed by atoms with E-state index >= 15 is 0 Å². The third-order valence-electron chi connectivity index (χ3n) is 4.72. The number of hydrogen-bond donors (Lipinski definition) is 2. The standard InChI is InChI=1S/C20H29N5S/c1-21-20(23-15-19-4-3-13-26-19)22-14-17-5-7-18(8-6-17)16-25-11-9-24(2)10-12-25/h3-8,13H,9-12,14-16H2,1-2H3,(H2,21,22,23). The van der Waals surface area contributed by atoms with E-state index in [9.17, 15) is 0 Å². The molecule has 26 heavy (non-hydrogen) atoms. The molecule has 0 saturated carbocycles. The molecule has 1 aliphatic rings. The molecule has 1 aromatic heterocycles. The molecular weight excluding hydrogens is 342 g/mol. The second-order valence-corrected chi connectivity index (χ2v) is 7.79. The molecule has 0 amide bonds. The first-order chi connectivity index (χ1) is 12.7. The fourth-order valence-electron chi connectivity index (χ4n) is 3.02. The predicted molar refractivity (Wildman–Crippen MR) is 111 cm³/mol. The van der Waals surface area contributed by atoms with Crippen LogP contribution in [0.5, 0.6) is 0 Å². The Bertz CT molecular complexity index is 673. The van der Waals surface area contributed by atoms with E-state index in [1.54, 1.807) is 11.3 Å². The number of thiophene rings is 1. The van der Waals surface area contributed by atoms with Gasteiger partial charge in [0.05, 0.1) is 6.54 Å². The van der Waals surface area contributed by atoms with Gasteiger partial charge < -0.3 is 15.5 Å². The maximum atomic E-state index is 4.29. The molecule has 0 bridgehead atoms. The summed E-state index contributed by atoms with van der Waals surface area (Å²) in [4.78, 5) is 10.5. The molecule has 2 aromatic rings. The largest absolute Gasteiger partial charge is 0.352 e. The van der Waals surface area contributed by atoms with Gasteiger partial charge in [0.25, 0.3) is 0 Å². The summed E-state index contributed by atoms with van der Waals surface area (Å²) >= 11 is 1.75. The lowest BCUT2D eigenvalue weighted by Crippen LogP contribution is -2.43. The van der Waals surface area contributed by atoms with Gasteiger partial charge in [-0.1, -0.05) is 30.3 Å². The second-order valence-electron chi connectivity index (χ2n) is 6.75. The average Bonchev–Trinajstić information content (AvgIpc) is 3.18. The Labute approximate surface area is 160 Å². The van der Waals surface area contributed by atoms with Crippen LogP contribution >= 0.6 is 11.3 Å². The van der Waals surface area contributed by atoms with Gasteiger partial charge in [0, 0.05) is 51.2 Å². The van der Waals surface area contributed by atoms with Crippen molar-refractivity contribution in [3.63, 3.8) is 0 Å². The van der Waals surface area contributed by atoms with Crippen LogP contribution < -0.4 is 10.6 Å². The zero-order chi connectivity index (χ0) is 18.2. The summed E-state index contributed by atoms with van der Waals surface area (Å²) in [6.45, 7) is 7.28. The summed E-state index contributed by atoms with van der Waals surface area (Å²) in [6.07, 6.45) is 0. The normalized spacial score (nSPS) is 16.6. The quantitative estimate of drug-likeness (QED) is 0.604. The van der Waals surface area contributed by atoms with Crippen molar-refractivity contribution in [1.29, 1.82) is 0 Å². The summed E-state index contributed by atoms with van der Waals surface area (Å²) in [5.74, 6) is 0.833. The lowest BCUT2D eigenvalue weighted by Gasteiger charge is -2.32. The number of piperazine rings is 1. The van der Waals surface area contributed by atoms with Gasteiger partial charge in [0.15, 0.2) is 5.96 Å². The SMILES string of the molecule is CN=C(NCc1ccc(CN2CCN(C)CC2)cc1)NCc1cccs1. The topological polar surface area (TPSA) is 42.9 Å².